The first-order chi connectivity index (χ1) is 8.74. The molecule has 1 aromatic carbocycles. The van der Waals surface area contributed by atoms with E-state index in [1.807, 2.05) is 44.3 Å². The topological polar surface area (TPSA) is 53.2 Å². The van der Waals surface area contributed by atoms with Crippen molar-refractivity contribution in [2.45, 2.75) is 13.3 Å². The van der Waals surface area contributed by atoms with E-state index < -0.39 is 0 Å². The largest absolute Gasteiger partial charge is 0.385 e. The molecule has 4 nitrogen and oxygen atoms in total. The van der Waals surface area contributed by atoms with E-state index in [9.17, 15) is 4.79 Å². The number of carbonyl (C=O) groups is 1. The first-order valence-electron chi connectivity index (χ1n) is 6.45. The van der Waals surface area contributed by atoms with Gasteiger partial charge in [-0.25, -0.2) is 0 Å². The molecule has 0 spiro atoms. The van der Waals surface area contributed by atoms with Crippen molar-refractivity contribution in [3.8, 4) is 0 Å². The van der Waals surface area contributed by atoms with Crippen LogP contribution in [0.15, 0.2) is 30.3 Å². The van der Waals surface area contributed by atoms with E-state index in [4.69, 9.17) is 0 Å². The summed E-state index contributed by atoms with van der Waals surface area (Å²) in [5.74, 6) is 0.140. The third-order valence-corrected chi connectivity index (χ3v) is 2.71. The highest BCUT2D eigenvalue weighted by Crippen LogP contribution is 2.04. The molecule has 0 bridgehead atoms. The Kier molecular flexibility index (Phi) is 6.87. The van der Waals surface area contributed by atoms with Crippen LogP contribution in [0.2, 0.25) is 0 Å². The number of nitrogens with one attached hydrogen (secondary N) is 3. The summed E-state index contributed by atoms with van der Waals surface area (Å²) in [6.07, 6.45) is 0.924. The molecule has 3 N–H and O–H groups in total. The standard InChI is InChI=1S/C14H23N3O/c1-12(11-15-2)14(18)17-10-6-9-16-13-7-4-3-5-8-13/h3-5,7-8,12,15-16H,6,9-11H2,1-2H3,(H,17,18). The number of amides is 1. The Hall–Kier alpha value is -1.55. The van der Waals surface area contributed by atoms with Gasteiger partial charge in [0, 0.05) is 31.2 Å². The number of para-hydroxylation sites is 1. The molecule has 0 aromatic heterocycles. The maximum atomic E-state index is 11.6. The highest BCUT2D eigenvalue weighted by atomic mass is 16.1. The number of hydrogen-bond donors (Lipinski definition) is 3. The predicted molar refractivity (Wildman–Crippen MR) is 75.6 cm³/mol. The fraction of sp³-hybridized carbons (Fsp3) is 0.500. The van der Waals surface area contributed by atoms with Crippen molar-refractivity contribution in [2.24, 2.45) is 5.92 Å². The van der Waals surface area contributed by atoms with Crippen LogP contribution < -0.4 is 16.0 Å². The molecular weight excluding hydrogens is 226 g/mol. The van der Waals surface area contributed by atoms with Crippen molar-refractivity contribution in [1.82, 2.24) is 10.6 Å². The van der Waals surface area contributed by atoms with E-state index in [1.54, 1.807) is 0 Å². The van der Waals surface area contributed by atoms with Gasteiger partial charge in [0.1, 0.15) is 0 Å². The molecule has 0 aliphatic rings. The number of anilines is 1. The van der Waals surface area contributed by atoms with Crippen molar-refractivity contribution >= 4 is 11.6 Å². The number of benzene rings is 1. The maximum absolute atomic E-state index is 11.6. The van der Waals surface area contributed by atoms with Crippen LogP contribution in [-0.4, -0.2) is 32.6 Å². The fourth-order valence-corrected chi connectivity index (χ4v) is 1.66. The van der Waals surface area contributed by atoms with Gasteiger partial charge in [-0.15, -0.1) is 0 Å². The van der Waals surface area contributed by atoms with Crippen molar-refractivity contribution in [3.05, 3.63) is 30.3 Å². The molecule has 0 fully saturated rings. The average molecular weight is 249 g/mol. The van der Waals surface area contributed by atoms with Crippen LogP contribution in [-0.2, 0) is 4.79 Å². The van der Waals surface area contributed by atoms with Gasteiger partial charge in [0.05, 0.1) is 0 Å². The molecule has 1 amide bonds. The maximum Gasteiger partial charge on any atom is 0.224 e. The van der Waals surface area contributed by atoms with Crippen LogP contribution in [0.3, 0.4) is 0 Å². The molecule has 100 valence electrons. The van der Waals surface area contributed by atoms with Crippen molar-refractivity contribution in [2.75, 3.05) is 32.0 Å². The van der Waals surface area contributed by atoms with E-state index >= 15 is 0 Å². The van der Waals surface area contributed by atoms with Gasteiger partial charge in [0.2, 0.25) is 5.91 Å². The van der Waals surface area contributed by atoms with E-state index in [-0.39, 0.29) is 11.8 Å². The van der Waals surface area contributed by atoms with Gasteiger partial charge >= 0.3 is 0 Å². The molecule has 0 radical (unpaired) electrons. The molecule has 4 heteroatoms. The quantitative estimate of drug-likeness (QED) is 0.611. The zero-order valence-corrected chi connectivity index (χ0v) is 11.2. The molecule has 0 saturated heterocycles. The molecule has 0 heterocycles. The lowest BCUT2D eigenvalue weighted by Gasteiger charge is -2.11. The highest BCUT2D eigenvalue weighted by Gasteiger charge is 2.09. The van der Waals surface area contributed by atoms with E-state index in [1.165, 1.54) is 0 Å². The number of carbonyl (C=O) groups excluding carboxylic acids is 1. The number of rotatable bonds is 8. The van der Waals surface area contributed by atoms with Gasteiger partial charge < -0.3 is 16.0 Å². The van der Waals surface area contributed by atoms with Crippen LogP contribution >= 0.6 is 0 Å². The normalized spacial score (nSPS) is 11.9. The Morgan fingerprint density at radius 2 is 1.94 bits per heavy atom. The van der Waals surface area contributed by atoms with Crippen molar-refractivity contribution in [1.29, 1.82) is 0 Å². The molecule has 1 rings (SSSR count). The molecule has 1 unspecified atom stereocenters. The smallest absolute Gasteiger partial charge is 0.224 e. The minimum Gasteiger partial charge on any atom is -0.385 e. The Morgan fingerprint density at radius 3 is 2.61 bits per heavy atom. The van der Waals surface area contributed by atoms with E-state index in [2.05, 4.69) is 16.0 Å². The number of hydrogen-bond acceptors (Lipinski definition) is 3. The summed E-state index contributed by atoms with van der Waals surface area (Å²) in [5, 5.41) is 9.24. The average Bonchev–Trinajstić information content (AvgIpc) is 2.39. The van der Waals surface area contributed by atoms with Crippen LogP contribution in [0.5, 0.6) is 0 Å². The summed E-state index contributed by atoms with van der Waals surface area (Å²) < 4.78 is 0. The van der Waals surface area contributed by atoms with Crippen LogP contribution in [0.25, 0.3) is 0 Å². The van der Waals surface area contributed by atoms with Crippen LogP contribution in [0.1, 0.15) is 13.3 Å². The summed E-state index contributed by atoms with van der Waals surface area (Å²) in [7, 11) is 1.85. The fourth-order valence-electron chi connectivity index (χ4n) is 1.66. The minimum absolute atomic E-state index is 0.0251. The molecule has 1 atom stereocenters. The summed E-state index contributed by atoms with van der Waals surface area (Å²) >= 11 is 0. The molecule has 18 heavy (non-hydrogen) atoms. The van der Waals surface area contributed by atoms with Gasteiger partial charge in [-0.2, -0.15) is 0 Å². The van der Waals surface area contributed by atoms with E-state index in [0.29, 0.717) is 13.1 Å². The summed E-state index contributed by atoms with van der Waals surface area (Å²) in [4.78, 5) is 11.6. The Bertz CT molecular complexity index is 340. The van der Waals surface area contributed by atoms with Gasteiger partial charge in [0.15, 0.2) is 0 Å². The predicted octanol–water partition coefficient (Wildman–Crippen LogP) is 1.46. The summed E-state index contributed by atoms with van der Waals surface area (Å²) in [6, 6.07) is 10.1. The third kappa shape index (κ3) is 5.68. The molecule has 0 aliphatic heterocycles. The zero-order valence-electron chi connectivity index (χ0n) is 11.2. The monoisotopic (exact) mass is 249 g/mol. The Balaban J connectivity index is 2.07. The van der Waals surface area contributed by atoms with Crippen molar-refractivity contribution in [3.63, 3.8) is 0 Å². The van der Waals surface area contributed by atoms with Crippen LogP contribution in [0.4, 0.5) is 5.69 Å². The van der Waals surface area contributed by atoms with Crippen molar-refractivity contribution < 1.29 is 4.79 Å². The second-order valence-electron chi connectivity index (χ2n) is 4.40. The molecule has 0 saturated carbocycles. The Labute approximate surface area is 109 Å². The van der Waals surface area contributed by atoms with Gasteiger partial charge in [-0.3, -0.25) is 4.79 Å². The molecular formula is C14H23N3O. The Morgan fingerprint density at radius 1 is 1.22 bits per heavy atom. The first kappa shape index (κ1) is 14.5. The van der Waals surface area contributed by atoms with E-state index in [0.717, 1.165) is 18.7 Å². The van der Waals surface area contributed by atoms with Crippen LogP contribution in [0, 0.1) is 5.92 Å². The lowest BCUT2D eigenvalue weighted by atomic mass is 10.1. The van der Waals surface area contributed by atoms with Gasteiger partial charge in [-0.1, -0.05) is 25.1 Å². The second-order valence-corrected chi connectivity index (χ2v) is 4.40. The molecule has 1 aromatic rings. The third-order valence-electron chi connectivity index (χ3n) is 2.71. The lowest BCUT2D eigenvalue weighted by molar-refractivity contribution is -0.124. The first-order valence-corrected chi connectivity index (χ1v) is 6.45. The summed E-state index contributed by atoms with van der Waals surface area (Å²) in [5.41, 5.74) is 1.12. The molecule has 0 aliphatic carbocycles. The second kappa shape index (κ2) is 8.53. The SMILES string of the molecule is CNCC(C)C(=O)NCCCNc1ccccc1. The van der Waals surface area contributed by atoms with Gasteiger partial charge in [0.25, 0.3) is 0 Å². The summed E-state index contributed by atoms with van der Waals surface area (Å²) in [6.45, 7) is 4.22. The minimum atomic E-state index is 0.0251. The highest BCUT2D eigenvalue weighted by molar-refractivity contribution is 5.78. The zero-order chi connectivity index (χ0) is 13.2. The lowest BCUT2D eigenvalue weighted by Crippen LogP contribution is -2.35. The van der Waals surface area contributed by atoms with Gasteiger partial charge in [-0.05, 0) is 25.6 Å².